The van der Waals surface area contributed by atoms with Gasteiger partial charge in [-0.3, -0.25) is 4.79 Å². The van der Waals surface area contributed by atoms with E-state index in [1.165, 1.54) is 12.1 Å². The van der Waals surface area contributed by atoms with E-state index in [1.807, 2.05) is 6.07 Å². The van der Waals surface area contributed by atoms with Gasteiger partial charge in [0.25, 0.3) is 0 Å². The van der Waals surface area contributed by atoms with Gasteiger partial charge in [0.1, 0.15) is 5.82 Å². The van der Waals surface area contributed by atoms with E-state index in [9.17, 15) is 9.18 Å². The minimum absolute atomic E-state index is 0.180. The number of rotatable bonds is 3. The first kappa shape index (κ1) is 10.1. The Bertz CT molecular complexity index is 374. The van der Waals surface area contributed by atoms with E-state index in [-0.39, 0.29) is 17.6 Å². The Morgan fingerprint density at radius 1 is 1.53 bits per heavy atom. The number of hydrogen-bond acceptors (Lipinski definition) is 1. The summed E-state index contributed by atoms with van der Waals surface area (Å²) in [6, 6.07) is 6.38. The summed E-state index contributed by atoms with van der Waals surface area (Å²) in [4.78, 5) is 13.3. The molecule has 1 aliphatic rings. The molecule has 0 N–H and O–H groups in total. The fraction of sp³-hybridized carbons (Fsp3) is 0.417. The molecule has 15 heavy (non-hydrogen) atoms. The van der Waals surface area contributed by atoms with E-state index in [2.05, 4.69) is 0 Å². The van der Waals surface area contributed by atoms with Gasteiger partial charge < -0.3 is 4.90 Å². The van der Waals surface area contributed by atoms with Crippen LogP contribution in [0.5, 0.6) is 0 Å². The lowest BCUT2D eigenvalue weighted by Gasteiger charge is -2.16. The van der Waals surface area contributed by atoms with Gasteiger partial charge in [0, 0.05) is 19.5 Å². The van der Waals surface area contributed by atoms with Gasteiger partial charge >= 0.3 is 0 Å². The van der Waals surface area contributed by atoms with Gasteiger partial charge in [-0.25, -0.2) is 4.39 Å². The van der Waals surface area contributed by atoms with E-state index in [4.69, 9.17) is 0 Å². The highest BCUT2D eigenvalue weighted by Gasteiger charge is 2.31. The maximum Gasteiger partial charge on any atom is 0.225 e. The van der Waals surface area contributed by atoms with Gasteiger partial charge in [-0.15, -0.1) is 0 Å². The maximum atomic E-state index is 12.9. The summed E-state index contributed by atoms with van der Waals surface area (Å²) in [5.41, 5.74) is 0.839. The Kier molecular flexibility index (Phi) is 2.71. The number of benzene rings is 1. The average molecular weight is 207 g/mol. The molecular weight excluding hydrogens is 193 g/mol. The van der Waals surface area contributed by atoms with Crippen LogP contribution in [0.1, 0.15) is 18.4 Å². The van der Waals surface area contributed by atoms with Crippen molar-refractivity contribution in [2.75, 3.05) is 7.05 Å². The standard InChI is InChI=1S/C12H14FNO/c1-14(12(15)10-5-6-10)8-9-3-2-4-11(13)7-9/h2-4,7,10H,5-6,8H2,1H3. The number of nitrogens with zero attached hydrogens (tertiary/aromatic N) is 1. The lowest BCUT2D eigenvalue weighted by Crippen LogP contribution is -2.27. The van der Waals surface area contributed by atoms with Crippen LogP contribution in [0.3, 0.4) is 0 Å². The third-order valence-corrected chi connectivity index (χ3v) is 2.61. The molecule has 1 aliphatic carbocycles. The quantitative estimate of drug-likeness (QED) is 0.744. The zero-order valence-electron chi connectivity index (χ0n) is 8.74. The molecule has 0 unspecified atom stereocenters. The molecule has 1 fully saturated rings. The van der Waals surface area contributed by atoms with Crippen LogP contribution >= 0.6 is 0 Å². The fourth-order valence-electron chi connectivity index (χ4n) is 1.63. The first-order chi connectivity index (χ1) is 7.16. The minimum atomic E-state index is -0.250. The molecule has 0 aromatic heterocycles. The number of hydrogen-bond donors (Lipinski definition) is 0. The van der Waals surface area contributed by atoms with Crippen LogP contribution in [-0.2, 0) is 11.3 Å². The third-order valence-electron chi connectivity index (χ3n) is 2.61. The van der Waals surface area contributed by atoms with Crippen molar-refractivity contribution in [1.82, 2.24) is 4.90 Å². The highest BCUT2D eigenvalue weighted by atomic mass is 19.1. The van der Waals surface area contributed by atoms with Gasteiger partial charge in [0.05, 0.1) is 0 Å². The fourth-order valence-corrected chi connectivity index (χ4v) is 1.63. The summed E-state index contributed by atoms with van der Waals surface area (Å²) < 4.78 is 12.9. The first-order valence-electron chi connectivity index (χ1n) is 5.16. The molecule has 1 aromatic carbocycles. The molecule has 3 heteroatoms. The minimum Gasteiger partial charge on any atom is -0.341 e. The molecule has 1 aromatic rings. The van der Waals surface area contributed by atoms with Gasteiger partial charge in [-0.1, -0.05) is 12.1 Å². The summed E-state index contributed by atoms with van der Waals surface area (Å²) >= 11 is 0. The Hall–Kier alpha value is -1.38. The van der Waals surface area contributed by atoms with Crippen LogP contribution in [0.4, 0.5) is 4.39 Å². The molecule has 0 saturated heterocycles. The van der Waals surface area contributed by atoms with Gasteiger partial charge in [-0.05, 0) is 30.5 Å². The van der Waals surface area contributed by atoms with Crippen LogP contribution in [0.2, 0.25) is 0 Å². The van der Waals surface area contributed by atoms with Crippen molar-refractivity contribution in [2.45, 2.75) is 19.4 Å². The Balaban J connectivity index is 1.98. The van der Waals surface area contributed by atoms with Crippen LogP contribution < -0.4 is 0 Å². The van der Waals surface area contributed by atoms with Crippen LogP contribution in [0.25, 0.3) is 0 Å². The Morgan fingerprint density at radius 3 is 2.87 bits per heavy atom. The van der Waals surface area contributed by atoms with Crippen LogP contribution in [0, 0.1) is 11.7 Å². The average Bonchev–Trinajstić information content (AvgIpc) is 2.99. The molecule has 0 aliphatic heterocycles. The summed E-state index contributed by atoms with van der Waals surface area (Å²) in [7, 11) is 1.77. The largest absolute Gasteiger partial charge is 0.341 e. The van der Waals surface area contributed by atoms with E-state index < -0.39 is 0 Å². The van der Waals surface area contributed by atoms with Crippen LogP contribution in [-0.4, -0.2) is 17.9 Å². The molecule has 0 atom stereocenters. The Labute approximate surface area is 88.7 Å². The number of amides is 1. The predicted molar refractivity (Wildman–Crippen MR) is 55.6 cm³/mol. The van der Waals surface area contributed by atoms with Crippen molar-refractivity contribution in [2.24, 2.45) is 5.92 Å². The number of carbonyl (C=O) groups is 1. The monoisotopic (exact) mass is 207 g/mol. The topological polar surface area (TPSA) is 20.3 Å². The second-order valence-corrected chi connectivity index (χ2v) is 4.10. The molecule has 0 bridgehead atoms. The van der Waals surface area contributed by atoms with E-state index in [1.54, 1.807) is 18.0 Å². The lowest BCUT2D eigenvalue weighted by atomic mass is 10.2. The van der Waals surface area contributed by atoms with Crippen molar-refractivity contribution < 1.29 is 9.18 Å². The molecule has 0 radical (unpaired) electrons. The smallest absolute Gasteiger partial charge is 0.225 e. The Morgan fingerprint density at radius 2 is 2.27 bits per heavy atom. The van der Waals surface area contributed by atoms with Crippen LogP contribution in [0.15, 0.2) is 24.3 Å². The summed E-state index contributed by atoms with van der Waals surface area (Å²) in [6.45, 7) is 0.493. The molecule has 2 nitrogen and oxygen atoms in total. The zero-order valence-corrected chi connectivity index (χ0v) is 8.74. The third kappa shape index (κ3) is 2.55. The van der Waals surface area contributed by atoms with Crippen molar-refractivity contribution in [3.05, 3.63) is 35.6 Å². The highest BCUT2D eigenvalue weighted by molar-refractivity contribution is 5.80. The summed E-state index contributed by atoms with van der Waals surface area (Å²) in [6.07, 6.45) is 2.01. The summed E-state index contributed by atoms with van der Waals surface area (Å²) in [5.74, 6) is 0.155. The SMILES string of the molecule is CN(Cc1cccc(F)c1)C(=O)C1CC1. The molecule has 0 spiro atoms. The molecule has 1 saturated carbocycles. The highest BCUT2D eigenvalue weighted by Crippen LogP contribution is 2.30. The molecular formula is C12H14FNO. The van der Waals surface area contributed by atoms with Crippen molar-refractivity contribution in [3.63, 3.8) is 0 Å². The normalized spacial score (nSPS) is 15.1. The second kappa shape index (κ2) is 4.01. The molecule has 0 heterocycles. The van der Waals surface area contributed by atoms with Gasteiger partial charge in [0.15, 0.2) is 0 Å². The van der Waals surface area contributed by atoms with Gasteiger partial charge in [0.2, 0.25) is 5.91 Å². The van der Waals surface area contributed by atoms with Crippen molar-refractivity contribution >= 4 is 5.91 Å². The molecule has 80 valence electrons. The van der Waals surface area contributed by atoms with Gasteiger partial charge in [-0.2, -0.15) is 0 Å². The lowest BCUT2D eigenvalue weighted by molar-refractivity contribution is -0.131. The molecule has 2 rings (SSSR count). The van der Waals surface area contributed by atoms with Crippen molar-refractivity contribution in [1.29, 1.82) is 0 Å². The van der Waals surface area contributed by atoms with E-state index in [0.717, 1.165) is 18.4 Å². The molecule has 1 amide bonds. The number of halogens is 1. The summed E-state index contributed by atoms with van der Waals surface area (Å²) in [5, 5.41) is 0. The van der Waals surface area contributed by atoms with Crippen molar-refractivity contribution in [3.8, 4) is 0 Å². The predicted octanol–water partition coefficient (Wildman–Crippen LogP) is 2.19. The number of carbonyl (C=O) groups excluding carboxylic acids is 1. The zero-order chi connectivity index (χ0) is 10.8. The van der Waals surface area contributed by atoms with E-state index in [0.29, 0.717) is 6.54 Å². The maximum absolute atomic E-state index is 12.9. The van der Waals surface area contributed by atoms with E-state index >= 15 is 0 Å². The second-order valence-electron chi connectivity index (χ2n) is 4.10. The first-order valence-corrected chi connectivity index (χ1v) is 5.16.